The maximum absolute atomic E-state index is 5.78. The molecule has 1 saturated carbocycles. The molecule has 0 amide bonds. The average molecular weight is 274 g/mol. The minimum Gasteiger partial charge on any atom is -0.373 e. The summed E-state index contributed by atoms with van der Waals surface area (Å²) >= 11 is 0. The second kappa shape index (κ2) is 6.25. The molecule has 3 heteroatoms. The van der Waals surface area contributed by atoms with E-state index in [1.807, 2.05) is 0 Å². The Labute approximate surface area is 122 Å². The fourth-order valence-corrected chi connectivity index (χ4v) is 2.98. The number of ether oxygens (including phenoxy) is 1. The van der Waals surface area contributed by atoms with Gasteiger partial charge in [0.2, 0.25) is 0 Å². The van der Waals surface area contributed by atoms with E-state index in [2.05, 4.69) is 48.3 Å². The largest absolute Gasteiger partial charge is 0.373 e. The Bertz CT molecular complexity index is 417. The van der Waals surface area contributed by atoms with Crippen LogP contribution in [0.15, 0.2) is 24.3 Å². The van der Waals surface area contributed by atoms with Crippen molar-refractivity contribution in [2.45, 2.75) is 58.0 Å². The SMILES string of the molecule is CC1CN(Cc2ccc(CNC3CC3)cc2)CC(C)O1. The van der Waals surface area contributed by atoms with Crippen molar-refractivity contribution < 1.29 is 4.74 Å². The van der Waals surface area contributed by atoms with E-state index >= 15 is 0 Å². The highest BCUT2D eigenvalue weighted by atomic mass is 16.5. The molecular formula is C17H26N2O. The van der Waals surface area contributed by atoms with Gasteiger partial charge in [-0.15, -0.1) is 0 Å². The maximum Gasteiger partial charge on any atom is 0.0678 e. The van der Waals surface area contributed by atoms with Crippen molar-refractivity contribution in [3.8, 4) is 0 Å². The lowest BCUT2D eigenvalue weighted by Crippen LogP contribution is -2.44. The van der Waals surface area contributed by atoms with Gasteiger partial charge in [0.1, 0.15) is 0 Å². The number of hydrogen-bond donors (Lipinski definition) is 1. The molecular weight excluding hydrogens is 248 g/mol. The van der Waals surface area contributed by atoms with Crippen molar-refractivity contribution in [2.24, 2.45) is 0 Å². The van der Waals surface area contributed by atoms with Gasteiger partial charge >= 0.3 is 0 Å². The number of nitrogens with zero attached hydrogens (tertiary/aromatic N) is 1. The molecule has 0 radical (unpaired) electrons. The van der Waals surface area contributed by atoms with Gasteiger partial charge in [-0.3, -0.25) is 4.90 Å². The molecule has 1 saturated heterocycles. The van der Waals surface area contributed by atoms with Crippen LogP contribution in [0.25, 0.3) is 0 Å². The summed E-state index contributed by atoms with van der Waals surface area (Å²) in [7, 11) is 0. The lowest BCUT2D eigenvalue weighted by Gasteiger charge is -2.35. The third kappa shape index (κ3) is 4.05. The summed E-state index contributed by atoms with van der Waals surface area (Å²) in [6, 6.07) is 9.85. The smallest absolute Gasteiger partial charge is 0.0678 e. The summed E-state index contributed by atoms with van der Waals surface area (Å²) in [5, 5.41) is 3.56. The Morgan fingerprint density at radius 1 is 1.05 bits per heavy atom. The van der Waals surface area contributed by atoms with Gasteiger partial charge in [-0.1, -0.05) is 24.3 Å². The Morgan fingerprint density at radius 2 is 1.65 bits per heavy atom. The highest BCUT2D eigenvalue weighted by molar-refractivity contribution is 5.22. The number of rotatable bonds is 5. The van der Waals surface area contributed by atoms with Gasteiger partial charge < -0.3 is 10.1 Å². The van der Waals surface area contributed by atoms with Crippen molar-refractivity contribution in [3.63, 3.8) is 0 Å². The molecule has 0 spiro atoms. The molecule has 3 rings (SSSR count). The Balaban J connectivity index is 1.51. The van der Waals surface area contributed by atoms with Crippen LogP contribution in [-0.2, 0) is 17.8 Å². The lowest BCUT2D eigenvalue weighted by molar-refractivity contribution is -0.0704. The fraction of sp³-hybridized carbons (Fsp3) is 0.647. The van der Waals surface area contributed by atoms with Gasteiger partial charge in [0.05, 0.1) is 12.2 Å². The third-order valence-corrected chi connectivity index (χ3v) is 4.10. The van der Waals surface area contributed by atoms with Crippen LogP contribution in [0.2, 0.25) is 0 Å². The van der Waals surface area contributed by atoms with Crippen molar-refractivity contribution in [3.05, 3.63) is 35.4 Å². The normalized spacial score (nSPS) is 27.7. The molecule has 0 aromatic heterocycles. The van der Waals surface area contributed by atoms with Crippen molar-refractivity contribution in [2.75, 3.05) is 13.1 Å². The van der Waals surface area contributed by atoms with Gasteiger partial charge in [0, 0.05) is 32.2 Å². The molecule has 3 nitrogen and oxygen atoms in total. The van der Waals surface area contributed by atoms with E-state index in [0.29, 0.717) is 12.2 Å². The van der Waals surface area contributed by atoms with Gasteiger partial charge in [0.25, 0.3) is 0 Å². The number of hydrogen-bond acceptors (Lipinski definition) is 3. The minimum atomic E-state index is 0.348. The number of morpholine rings is 1. The van der Waals surface area contributed by atoms with Crippen molar-refractivity contribution >= 4 is 0 Å². The molecule has 2 atom stereocenters. The molecule has 110 valence electrons. The first-order chi connectivity index (χ1) is 9.69. The Kier molecular flexibility index (Phi) is 4.39. The highest BCUT2D eigenvalue weighted by Crippen LogP contribution is 2.19. The summed E-state index contributed by atoms with van der Waals surface area (Å²) in [6.45, 7) is 8.44. The van der Waals surface area contributed by atoms with Gasteiger partial charge in [-0.2, -0.15) is 0 Å². The monoisotopic (exact) mass is 274 g/mol. The first-order valence-electron chi connectivity index (χ1n) is 7.88. The van der Waals surface area contributed by atoms with Crippen LogP contribution in [0.5, 0.6) is 0 Å². The summed E-state index contributed by atoms with van der Waals surface area (Å²) in [5.41, 5.74) is 2.80. The minimum absolute atomic E-state index is 0.348. The standard InChI is InChI=1S/C17H26N2O/c1-13-10-19(11-14(2)20-13)12-16-5-3-15(4-6-16)9-18-17-7-8-17/h3-6,13-14,17-18H,7-12H2,1-2H3. The third-order valence-electron chi connectivity index (χ3n) is 4.10. The zero-order valence-corrected chi connectivity index (χ0v) is 12.6. The predicted molar refractivity (Wildman–Crippen MR) is 81.6 cm³/mol. The lowest BCUT2D eigenvalue weighted by atomic mass is 10.1. The summed E-state index contributed by atoms with van der Waals surface area (Å²) < 4.78 is 5.78. The predicted octanol–water partition coefficient (Wildman–Crippen LogP) is 2.55. The molecule has 1 heterocycles. The fourth-order valence-electron chi connectivity index (χ4n) is 2.98. The molecule has 0 bridgehead atoms. The maximum atomic E-state index is 5.78. The molecule has 1 aliphatic heterocycles. The Morgan fingerprint density at radius 3 is 2.25 bits per heavy atom. The van der Waals surface area contributed by atoms with E-state index < -0.39 is 0 Å². The molecule has 2 aliphatic rings. The van der Waals surface area contributed by atoms with Crippen LogP contribution in [-0.4, -0.2) is 36.2 Å². The molecule has 1 N–H and O–H groups in total. The van der Waals surface area contributed by atoms with E-state index in [4.69, 9.17) is 4.74 Å². The van der Waals surface area contributed by atoms with E-state index in [1.165, 1.54) is 24.0 Å². The second-order valence-electron chi connectivity index (χ2n) is 6.42. The van der Waals surface area contributed by atoms with E-state index in [1.54, 1.807) is 0 Å². The summed E-state index contributed by atoms with van der Waals surface area (Å²) in [6.07, 6.45) is 3.40. The molecule has 2 unspecified atom stereocenters. The zero-order chi connectivity index (χ0) is 13.9. The molecule has 20 heavy (non-hydrogen) atoms. The van der Waals surface area contributed by atoms with Crippen LogP contribution < -0.4 is 5.32 Å². The number of nitrogens with one attached hydrogen (secondary N) is 1. The van der Waals surface area contributed by atoms with Crippen LogP contribution in [0.1, 0.15) is 37.8 Å². The van der Waals surface area contributed by atoms with E-state index in [9.17, 15) is 0 Å². The second-order valence-corrected chi connectivity index (χ2v) is 6.42. The van der Waals surface area contributed by atoms with Crippen molar-refractivity contribution in [1.29, 1.82) is 0 Å². The first-order valence-corrected chi connectivity index (χ1v) is 7.88. The molecule has 1 aromatic carbocycles. The van der Waals surface area contributed by atoms with Gasteiger partial charge in [0.15, 0.2) is 0 Å². The summed E-state index contributed by atoms with van der Waals surface area (Å²) in [5.74, 6) is 0. The summed E-state index contributed by atoms with van der Waals surface area (Å²) in [4.78, 5) is 2.50. The zero-order valence-electron chi connectivity index (χ0n) is 12.6. The van der Waals surface area contributed by atoms with E-state index in [-0.39, 0.29) is 0 Å². The topological polar surface area (TPSA) is 24.5 Å². The molecule has 1 aromatic rings. The van der Waals surface area contributed by atoms with Crippen LogP contribution in [0.3, 0.4) is 0 Å². The van der Waals surface area contributed by atoms with Gasteiger partial charge in [-0.25, -0.2) is 0 Å². The van der Waals surface area contributed by atoms with E-state index in [0.717, 1.165) is 32.2 Å². The van der Waals surface area contributed by atoms with Crippen LogP contribution in [0.4, 0.5) is 0 Å². The van der Waals surface area contributed by atoms with Gasteiger partial charge in [-0.05, 0) is 37.8 Å². The molecule has 1 aliphatic carbocycles. The Hall–Kier alpha value is -0.900. The quantitative estimate of drug-likeness (QED) is 0.893. The van der Waals surface area contributed by atoms with Crippen LogP contribution in [0, 0.1) is 0 Å². The highest BCUT2D eigenvalue weighted by Gasteiger charge is 2.22. The van der Waals surface area contributed by atoms with Crippen LogP contribution >= 0.6 is 0 Å². The van der Waals surface area contributed by atoms with Crippen molar-refractivity contribution in [1.82, 2.24) is 10.2 Å². The number of benzene rings is 1. The first kappa shape index (κ1) is 14.1. The average Bonchev–Trinajstić information content (AvgIpc) is 3.21. The molecule has 2 fully saturated rings.